The molecule has 1 aromatic carbocycles. The Balaban J connectivity index is 1.83. The molecule has 0 unspecified atom stereocenters. The molecule has 0 aromatic heterocycles. The van der Waals surface area contributed by atoms with Crippen molar-refractivity contribution in [2.75, 3.05) is 26.5 Å². The quantitative estimate of drug-likeness (QED) is 0.260. The number of amides is 1. The summed E-state index contributed by atoms with van der Waals surface area (Å²) in [7, 11) is 1.62. The Kier molecular flexibility index (Phi) is 8.19. The van der Waals surface area contributed by atoms with E-state index in [0.29, 0.717) is 6.54 Å². The molecule has 1 fully saturated rings. The van der Waals surface area contributed by atoms with E-state index in [4.69, 9.17) is 4.74 Å². The Morgan fingerprint density at radius 1 is 1.31 bits per heavy atom. The molecule has 0 heterocycles. The summed E-state index contributed by atoms with van der Waals surface area (Å²) in [5.41, 5.74) is 0.957. The van der Waals surface area contributed by atoms with Gasteiger partial charge in [0.1, 0.15) is 5.78 Å². The first-order chi connectivity index (χ1) is 13.7. The van der Waals surface area contributed by atoms with Crippen LogP contribution in [-0.4, -0.2) is 53.9 Å². The van der Waals surface area contributed by atoms with Gasteiger partial charge < -0.3 is 9.64 Å². The number of benzene rings is 1. The summed E-state index contributed by atoms with van der Waals surface area (Å²) in [5, 5.41) is 10.8. The number of likely N-dealkylation sites (N-methyl/N-ethyl adjacent to an activating group) is 1. The Labute approximate surface area is 174 Å². The predicted molar refractivity (Wildman–Crippen MR) is 108 cm³/mol. The van der Waals surface area contributed by atoms with Gasteiger partial charge in [-0.25, -0.2) is 0 Å². The smallest absolute Gasteiger partial charge is 0.307 e. The van der Waals surface area contributed by atoms with Crippen LogP contribution in [0.5, 0.6) is 0 Å². The van der Waals surface area contributed by atoms with E-state index in [9.17, 15) is 24.5 Å². The van der Waals surface area contributed by atoms with Crippen molar-refractivity contribution in [2.45, 2.75) is 31.2 Å². The van der Waals surface area contributed by atoms with E-state index in [0.717, 1.165) is 10.5 Å². The topological polar surface area (TPSA) is 107 Å². The standard InChI is InChI=1S/C20H26N2O6S/c1-13-8-18(23)16(17(13)11-22(26)27)9-20(25)28-12-19(24)21(2)10-14-4-6-15(29-3)7-5-14/h4-7,13,16-17H,8-12H2,1-3H3/t13-,16+,17-/m1/s1. The van der Waals surface area contributed by atoms with Crippen LogP contribution in [0.2, 0.25) is 0 Å². The lowest BCUT2D eigenvalue weighted by atomic mass is 9.88. The molecule has 1 aromatic rings. The number of nitro groups is 1. The van der Waals surface area contributed by atoms with Crippen molar-refractivity contribution in [1.29, 1.82) is 0 Å². The third-order valence-corrected chi connectivity index (χ3v) is 6.04. The Bertz CT molecular complexity index is 767. The molecule has 0 radical (unpaired) electrons. The summed E-state index contributed by atoms with van der Waals surface area (Å²) in [6.07, 6.45) is 1.99. The van der Waals surface area contributed by atoms with E-state index in [2.05, 4.69) is 0 Å². The van der Waals surface area contributed by atoms with E-state index in [1.807, 2.05) is 30.5 Å². The van der Waals surface area contributed by atoms with Gasteiger partial charge in [-0.3, -0.25) is 24.5 Å². The fourth-order valence-corrected chi connectivity index (χ4v) is 3.99. The third kappa shape index (κ3) is 6.56. The number of thioether (sulfide) groups is 1. The first-order valence-corrected chi connectivity index (χ1v) is 10.6. The first kappa shape index (κ1) is 22.9. The second kappa shape index (κ2) is 10.4. The van der Waals surface area contributed by atoms with E-state index >= 15 is 0 Å². The average molecular weight is 423 g/mol. The Morgan fingerprint density at radius 2 is 1.97 bits per heavy atom. The molecule has 3 atom stereocenters. The highest BCUT2D eigenvalue weighted by Crippen LogP contribution is 2.36. The Hall–Kier alpha value is -2.42. The van der Waals surface area contributed by atoms with E-state index in [1.165, 1.54) is 4.90 Å². The van der Waals surface area contributed by atoms with Gasteiger partial charge in [-0.15, -0.1) is 11.8 Å². The zero-order valence-corrected chi connectivity index (χ0v) is 17.6. The molecule has 158 valence electrons. The van der Waals surface area contributed by atoms with Crippen LogP contribution in [-0.2, 0) is 25.7 Å². The minimum atomic E-state index is -0.717. The van der Waals surface area contributed by atoms with Crippen molar-refractivity contribution in [3.05, 3.63) is 39.9 Å². The van der Waals surface area contributed by atoms with Crippen LogP contribution in [0.4, 0.5) is 0 Å². The molecule has 1 amide bonds. The van der Waals surface area contributed by atoms with Crippen molar-refractivity contribution in [2.24, 2.45) is 17.8 Å². The normalized spacial score (nSPS) is 21.1. The number of ether oxygens (including phenoxy) is 1. The van der Waals surface area contributed by atoms with Gasteiger partial charge in [-0.1, -0.05) is 19.1 Å². The number of Topliss-reactive ketones (excluding diaryl/α,β-unsaturated/α-hetero) is 1. The van der Waals surface area contributed by atoms with E-state index in [1.54, 1.807) is 25.7 Å². The number of rotatable bonds is 9. The van der Waals surface area contributed by atoms with Crippen LogP contribution in [0, 0.1) is 27.9 Å². The minimum absolute atomic E-state index is 0.143. The van der Waals surface area contributed by atoms with E-state index in [-0.39, 0.29) is 37.0 Å². The van der Waals surface area contributed by atoms with Gasteiger partial charge in [-0.05, 0) is 29.9 Å². The molecule has 8 nitrogen and oxygen atoms in total. The van der Waals surface area contributed by atoms with Crippen LogP contribution < -0.4 is 0 Å². The highest BCUT2D eigenvalue weighted by molar-refractivity contribution is 7.98. The molecular weight excluding hydrogens is 396 g/mol. The van der Waals surface area contributed by atoms with E-state index < -0.39 is 29.3 Å². The Morgan fingerprint density at radius 3 is 2.55 bits per heavy atom. The molecule has 1 aliphatic rings. The molecule has 9 heteroatoms. The van der Waals surface area contributed by atoms with Gasteiger partial charge in [0.25, 0.3) is 5.91 Å². The number of carbonyl (C=O) groups excluding carboxylic acids is 3. The van der Waals surface area contributed by atoms with Gasteiger partial charge in [0.05, 0.1) is 6.42 Å². The maximum absolute atomic E-state index is 12.2. The van der Waals surface area contributed by atoms with Gasteiger partial charge in [0, 0.05) is 41.7 Å². The van der Waals surface area contributed by atoms with Crippen LogP contribution in [0.3, 0.4) is 0 Å². The summed E-state index contributed by atoms with van der Waals surface area (Å²) in [6.45, 7) is 1.40. The number of hydrogen-bond acceptors (Lipinski definition) is 7. The molecule has 0 spiro atoms. The van der Waals surface area contributed by atoms with Crippen molar-refractivity contribution in [3.8, 4) is 0 Å². The number of nitrogens with zero attached hydrogens (tertiary/aromatic N) is 2. The summed E-state index contributed by atoms with van der Waals surface area (Å²) >= 11 is 1.63. The van der Waals surface area contributed by atoms with Gasteiger partial charge in [0.15, 0.2) is 6.61 Å². The summed E-state index contributed by atoms with van der Waals surface area (Å²) < 4.78 is 5.04. The van der Waals surface area contributed by atoms with Crippen molar-refractivity contribution >= 4 is 29.4 Å². The molecule has 2 rings (SSSR count). The fourth-order valence-electron chi connectivity index (χ4n) is 3.58. The fraction of sp³-hybridized carbons (Fsp3) is 0.550. The van der Waals surface area contributed by atoms with Crippen LogP contribution in [0.15, 0.2) is 29.2 Å². The molecule has 0 saturated heterocycles. The summed E-state index contributed by atoms with van der Waals surface area (Å²) in [4.78, 5) is 49.4. The molecule has 0 bridgehead atoms. The molecule has 0 N–H and O–H groups in total. The van der Waals surface area contributed by atoms with Crippen molar-refractivity contribution < 1.29 is 24.0 Å². The van der Waals surface area contributed by atoms with Crippen LogP contribution in [0.1, 0.15) is 25.3 Å². The highest BCUT2D eigenvalue weighted by Gasteiger charge is 2.44. The maximum Gasteiger partial charge on any atom is 0.307 e. The lowest BCUT2D eigenvalue weighted by Crippen LogP contribution is -2.32. The lowest BCUT2D eigenvalue weighted by Gasteiger charge is -2.19. The summed E-state index contributed by atoms with van der Waals surface area (Å²) in [5.74, 6) is -2.54. The van der Waals surface area contributed by atoms with Gasteiger partial charge in [0.2, 0.25) is 6.54 Å². The molecule has 29 heavy (non-hydrogen) atoms. The van der Waals surface area contributed by atoms with Gasteiger partial charge in [-0.2, -0.15) is 0 Å². The number of esters is 1. The predicted octanol–water partition coefficient (Wildman–Crippen LogP) is 2.42. The second-order valence-corrected chi connectivity index (χ2v) is 8.28. The number of ketones is 1. The monoisotopic (exact) mass is 422 g/mol. The molecule has 1 saturated carbocycles. The molecular formula is C20H26N2O6S. The third-order valence-electron chi connectivity index (χ3n) is 5.29. The number of hydrogen-bond donors (Lipinski definition) is 0. The second-order valence-electron chi connectivity index (χ2n) is 7.40. The average Bonchev–Trinajstić information content (AvgIpc) is 2.93. The lowest BCUT2D eigenvalue weighted by molar-refractivity contribution is -0.490. The zero-order valence-electron chi connectivity index (χ0n) is 16.8. The zero-order chi connectivity index (χ0) is 21.6. The summed E-state index contributed by atoms with van der Waals surface area (Å²) in [6, 6.07) is 7.81. The number of carbonyl (C=O) groups is 3. The minimum Gasteiger partial charge on any atom is -0.456 e. The molecule has 0 aliphatic heterocycles. The van der Waals surface area contributed by atoms with Crippen LogP contribution in [0.25, 0.3) is 0 Å². The first-order valence-electron chi connectivity index (χ1n) is 9.38. The maximum atomic E-state index is 12.2. The van der Waals surface area contributed by atoms with Crippen molar-refractivity contribution in [1.82, 2.24) is 4.90 Å². The largest absolute Gasteiger partial charge is 0.456 e. The molecule has 1 aliphatic carbocycles. The van der Waals surface area contributed by atoms with Gasteiger partial charge >= 0.3 is 5.97 Å². The highest BCUT2D eigenvalue weighted by atomic mass is 32.2. The van der Waals surface area contributed by atoms with Crippen molar-refractivity contribution in [3.63, 3.8) is 0 Å². The van der Waals surface area contributed by atoms with Crippen LogP contribution >= 0.6 is 11.8 Å². The SMILES string of the molecule is CSc1ccc(CN(C)C(=O)COC(=O)C[C@@H]2C(=O)C[C@@H](C)[C@H]2C[N+](=O)[O-])cc1.